The van der Waals surface area contributed by atoms with Crippen molar-refractivity contribution in [1.29, 1.82) is 0 Å². The van der Waals surface area contributed by atoms with E-state index < -0.39 is 0 Å². The lowest BCUT2D eigenvalue weighted by Crippen LogP contribution is -2.58. The number of hydrogen-bond acceptors (Lipinski definition) is 2. The summed E-state index contributed by atoms with van der Waals surface area (Å²) in [7, 11) is 0. The summed E-state index contributed by atoms with van der Waals surface area (Å²) in [5, 5.41) is 0. The molecule has 1 fully saturated rings. The maximum Gasteiger partial charge on any atom is 0.254 e. The van der Waals surface area contributed by atoms with Gasteiger partial charge >= 0.3 is 0 Å². The van der Waals surface area contributed by atoms with Gasteiger partial charge in [0.15, 0.2) is 0 Å². The molecule has 2 aliphatic heterocycles. The first-order valence-electron chi connectivity index (χ1n) is 10.1. The van der Waals surface area contributed by atoms with Gasteiger partial charge in [-0.2, -0.15) is 0 Å². The molecule has 0 saturated carbocycles. The lowest BCUT2D eigenvalue weighted by atomic mass is 9.75. The molecule has 2 aromatic carbocycles. The Bertz CT molecular complexity index is 914. The number of amides is 2. The number of piperazine rings is 1. The molecular weight excluding hydrogens is 348 g/mol. The summed E-state index contributed by atoms with van der Waals surface area (Å²) >= 11 is 0. The molecule has 2 heterocycles. The zero-order valence-electron chi connectivity index (χ0n) is 17.1. The van der Waals surface area contributed by atoms with Crippen LogP contribution in [0.5, 0.6) is 0 Å². The van der Waals surface area contributed by atoms with Gasteiger partial charge in [-0.15, -0.1) is 0 Å². The molecule has 1 unspecified atom stereocenters. The molecule has 2 aromatic rings. The van der Waals surface area contributed by atoms with Crippen molar-refractivity contribution in [1.82, 2.24) is 9.80 Å². The van der Waals surface area contributed by atoms with E-state index in [0.717, 1.165) is 0 Å². The molecule has 1 saturated heterocycles. The second-order valence-electron chi connectivity index (χ2n) is 8.97. The Morgan fingerprint density at radius 3 is 2.43 bits per heavy atom. The van der Waals surface area contributed by atoms with Crippen LogP contribution in [0.1, 0.15) is 66.7 Å². The molecule has 4 nitrogen and oxygen atoms in total. The number of carbonyl (C=O) groups is 2. The highest BCUT2D eigenvalue weighted by atomic mass is 16.2. The number of benzene rings is 2. The van der Waals surface area contributed by atoms with Crippen LogP contribution in [0.2, 0.25) is 0 Å². The normalized spacial score (nSPS) is 20.8. The van der Waals surface area contributed by atoms with Crippen molar-refractivity contribution < 1.29 is 9.59 Å². The summed E-state index contributed by atoms with van der Waals surface area (Å²) in [6.45, 7) is 10.0. The molecule has 0 N–H and O–H groups in total. The summed E-state index contributed by atoms with van der Waals surface area (Å²) in [6.07, 6.45) is 0. The molecule has 0 spiro atoms. The van der Waals surface area contributed by atoms with Crippen molar-refractivity contribution in [2.24, 2.45) is 0 Å². The minimum absolute atomic E-state index is 0.0333. The minimum atomic E-state index is -0.0817. The third-order valence-electron chi connectivity index (χ3n) is 6.14. The van der Waals surface area contributed by atoms with Gasteiger partial charge in [0, 0.05) is 24.1 Å². The Hall–Kier alpha value is -2.62. The minimum Gasteiger partial charge on any atom is -0.331 e. The molecule has 0 aromatic heterocycles. The highest BCUT2D eigenvalue weighted by molar-refractivity contribution is 5.97. The highest BCUT2D eigenvalue weighted by Gasteiger charge is 2.44. The molecule has 28 heavy (non-hydrogen) atoms. The Labute approximate surface area is 167 Å². The molecule has 0 bridgehead atoms. The van der Waals surface area contributed by atoms with Crippen LogP contribution in [0.3, 0.4) is 0 Å². The number of rotatable bonds is 2. The summed E-state index contributed by atoms with van der Waals surface area (Å²) in [5.74, 6) is 0.396. The number of carbonyl (C=O) groups excluding carboxylic acids is 2. The summed E-state index contributed by atoms with van der Waals surface area (Å²) < 4.78 is 0. The molecule has 1 atom stereocenters. The van der Waals surface area contributed by atoms with Crippen molar-refractivity contribution >= 4 is 11.8 Å². The lowest BCUT2D eigenvalue weighted by Gasteiger charge is -2.49. The van der Waals surface area contributed by atoms with Crippen LogP contribution < -0.4 is 0 Å². The van der Waals surface area contributed by atoms with Gasteiger partial charge in [-0.3, -0.25) is 9.59 Å². The summed E-state index contributed by atoms with van der Waals surface area (Å²) in [6, 6.07) is 16.1. The molecule has 2 aliphatic rings. The largest absolute Gasteiger partial charge is 0.331 e. The van der Waals surface area contributed by atoms with Crippen LogP contribution >= 0.6 is 0 Å². The van der Waals surface area contributed by atoms with Crippen LogP contribution in [0, 0.1) is 0 Å². The fraction of sp³-hybridized carbons (Fsp3) is 0.417. The quantitative estimate of drug-likeness (QED) is 0.791. The van der Waals surface area contributed by atoms with Gasteiger partial charge in [-0.1, -0.05) is 64.1 Å². The van der Waals surface area contributed by atoms with E-state index in [2.05, 4.69) is 45.9 Å². The Balaban J connectivity index is 1.63. The fourth-order valence-electron chi connectivity index (χ4n) is 4.53. The van der Waals surface area contributed by atoms with Gasteiger partial charge in [0.25, 0.3) is 5.91 Å². The molecule has 4 heteroatoms. The molecule has 2 amide bonds. The second kappa shape index (κ2) is 6.77. The third-order valence-corrected chi connectivity index (χ3v) is 6.14. The van der Waals surface area contributed by atoms with Crippen molar-refractivity contribution in [2.45, 2.75) is 45.1 Å². The first-order chi connectivity index (χ1) is 13.3. The van der Waals surface area contributed by atoms with Crippen molar-refractivity contribution in [2.75, 3.05) is 19.6 Å². The van der Waals surface area contributed by atoms with Crippen LogP contribution in [0.15, 0.2) is 48.5 Å². The topological polar surface area (TPSA) is 40.6 Å². The zero-order valence-corrected chi connectivity index (χ0v) is 17.1. The Morgan fingerprint density at radius 2 is 1.75 bits per heavy atom. The SMILES string of the molecule is CC(C)c1ccc(C(=O)N2CC(=O)N3CC(C)(C)c4ccccc4C3C2)cc1. The predicted octanol–water partition coefficient (Wildman–Crippen LogP) is 4.13. The number of nitrogens with zero attached hydrogens (tertiary/aromatic N) is 2. The van der Waals surface area contributed by atoms with E-state index in [1.165, 1.54) is 16.7 Å². The first kappa shape index (κ1) is 18.7. The lowest BCUT2D eigenvalue weighted by molar-refractivity contribution is -0.140. The van der Waals surface area contributed by atoms with Gasteiger partial charge in [0.05, 0.1) is 6.04 Å². The number of fused-ring (bicyclic) bond motifs is 3. The maximum atomic E-state index is 13.1. The van der Waals surface area contributed by atoms with Gasteiger partial charge < -0.3 is 9.80 Å². The standard InChI is InChI=1S/C24H28N2O2/c1-16(2)17-9-11-18(12-10-17)23(28)25-13-21-19-7-5-6-8-20(19)24(3,4)15-26(21)22(27)14-25/h5-12,16,21H,13-15H2,1-4H3. The second-order valence-corrected chi connectivity index (χ2v) is 8.97. The van der Waals surface area contributed by atoms with E-state index in [1.54, 1.807) is 4.90 Å². The number of hydrogen-bond donors (Lipinski definition) is 0. The van der Waals surface area contributed by atoms with E-state index in [1.807, 2.05) is 35.2 Å². The molecule has 146 valence electrons. The van der Waals surface area contributed by atoms with Crippen molar-refractivity contribution in [3.8, 4) is 0 Å². The van der Waals surface area contributed by atoms with Crippen LogP contribution in [-0.2, 0) is 10.2 Å². The van der Waals surface area contributed by atoms with E-state index in [9.17, 15) is 9.59 Å². The van der Waals surface area contributed by atoms with Gasteiger partial charge in [-0.05, 0) is 34.7 Å². The van der Waals surface area contributed by atoms with Crippen LogP contribution in [-0.4, -0.2) is 41.2 Å². The fourth-order valence-corrected chi connectivity index (χ4v) is 4.53. The third kappa shape index (κ3) is 3.11. The molecule has 0 aliphatic carbocycles. The Kier molecular flexibility index (Phi) is 4.53. The average Bonchev–Trinajstić information content (AvgIpc) is 2.68. The zero-order chi connectivity index (χ0) is 20.1. The summed E-state index contributed by atoms with van der Waals surface area (Å²) in [4.78, 5) is 29.7. The van der Waals surface area contributed by atoms with Gasteiger partial charge in [-0.25, -0.2) is 0 Å². The molecule has 4 rings (SSSR count). The molecular formula is C24H28N2O2. The van der Waals surface area contributed by atoms with Gasteiger partial charge in [0.1, 0.15) is 6.54 Å². The van der Waals surface area contributed by atoms with Crippen molar-refractivity contribution in [3.63, 3.8) is 0 Å². The van der Waals surface area contributed by atoms with E-state index in [0.29, 0.717) is 24.6 Å². The van der Waals surface area contributed by atoms with E-state index in [-0.39, 0.29) is 29.8 Å². The van der Waals surface area contributed by atoms with Crippen LogP contribution in [0.25, 0.3) is 0 Å². The summed E-state index contributed by atoms with van der Waals surface area (Å²) in [5.41, 5.74) is 4.22. The monoisotopic (exact) mass is 376 g/mol. The first-order valence-corrected chi connectivity index (χ1v) is 10.1. The smallest absolute Gasteiger partial charge is 0.254 e. The predicted molar refractivity (Wildman–Crippen MR) is 110 cm³/mol. The van der Waals surface area contributed by atoms with E-state index >= 15 is 0 Å². The average molecular weight is 377 g/mol. The highest BCUT2D eigenvalue weighted by Crippen LogP contribution is 2.41. The maximum absolute atomic E-state index is 13.1. The van der Waals surface area contributed by atoms with E-state index in [4.69, 9.17) is 0 Å². The van der Waals surface area contributed by atoms with Crippen molar-refractivity contribution in [3.05, 3.63) is 70.8 Å². The molecule has 0 radical (unpaired) electrons. The van der Waals surface area contributed by atoms with Crippen LogP contribution in [0.4, 0.5) is 0 Å². The Morgan fingerprint density at radius 1 is 1.07 bits per heavy atom. The van der Waals surface area contributed by atoms with Gasteiger partial charge in [0.2, 0.25) is 5.91 Å².